The Kier molecular flexibility index (Phi) is 4.51. The van der Waals surface area contributed by atoms with Gasteiger partial charge >= 0.3 is 0 Å². The summed E-state index contributed by atoms with van der Waals surface area (Å²) >= 11 is 0. The molecule has 1 unspecified atom stereocenters. The summed E-state index contributed by atoms with van der Waals surface area (Å²) < 4.78 is 0. The number of phenolic OH excluding ortho intramolecular Hbond substituents is 1. The summed E-state index contributed by atoms with van der Waals surface area (Å²) in [6.07, 6.45) is 2.23. The first-order valence-electron chi connectivity index (χ1n) is 7.54. The molecule has 2 nitrogen and oxygen atoms in total. The van der Waals surface area contributed by atoms with Crippen LogP contribution in [0.2, 0.25) is 0 Å². The lowest BCUT2D eigenvalue weighted by atomic mass is 9.85. The second-order valence-electron chi connectivity index (χ2n) is 6.53. The summed E-state index contributed by atoms with van der Waals surface area (Å²) in [4.78, 5) is 0. The van der Waals surface area contributed by atoms with E-state index in [1.54, 1.807) is 6.07 Å². The molecule has 0 heterocycles. The topological polar surface area (TPSA) is 32.3 Å². The summed E-state index contributed by atoms with van der Waals surface area (Å²) in [5.41, 5.74) is 2.69. The molecule has 0 radical (unpaired) electrons. The summed E-state index contributed by atoms with van der Waals surface area (Å²) in [6.45, 7) is 10.3. The molecule has 1 aliphatic rings. The maximum Gasteiger partial charge on any atom is 0.115 e. The van der Waals surface area contributed by atoms with Crippen molar-refractivity contribution < 1.29 is 5.11 Å². The minimum Gasteiger partial charge on any atom is -0.508 e. The number of hydrogen-bond donors (Lipinski definition) is 2. The first-order chi connectivity index (χ1) is 8.99. The quantitative estimate of drug-likeness (QED) is 0.842. The van der Waals surface area contributed by atoms with Gasteiger partial charge in [0.2, 0.25) is 0 Å². The molecule has 1 aliphatic carbocycles. The molecule has 0 bridgehead atoms. The number of aromatic hydroxyl groups is 1. The van der Waals surface area contributed by atoms with Crippen molar-refractivity contribution >= 4 is 0 Å². The van der Waals surface area contributed by atoms with Gasteiger partial charge in [0, 0.05) is 6.04 Å². The molecule has 0 aliphatic heterocycles. The third-order valence-corrected chi connectivity index (χ3v) is 4.52. The summed E-state index contributed by atoms with van der Waals surface area (Å²) in [5, 5.41) is 13.3. The van der Waals surface area contributed by atoms with E-state index < -0.39 is 0 Å². The molecule has 0 aromatic heterocycles. The van der Waals surface area contributed by atoms with Crippen molar-refractivity contribution in [2.75, 3.05) is 6.54 Å². The highest BCUT2D eigenvalue weighted by Crippen LogP contribution is 2.33. The number of rotatable bonds is 5. The minimum atomic E-state index is 0.390. The summed E-state index contributed by atoms with van der Waals surface area (Å²) in [7, 11) is 0. The summed E-state index contributed by atoms with van der Waals surface area (Å²) in [6, 6.07) is 6.27. The number of nitrogens with one attached hydrogen (secondary N) is 1. The number of hydrogen-bond acceptors (Lipinski definition) is 2. The van der Waals surface area contributed by atoms with Gasteiger partial charge in [-0.2, -0.15) is 0 Å². The van der Waals surface area contributed by atoms with Crippen LogP contribution in [0.25, 0.3) is 0 Å². The number of phenols is 1. The van der Waals surface area contributed by atoms with Gasteiger partial charge in [0.15, 0.2) is 0 Å². The Balaban J connectivity index is 1.99. The van der Waals surface area contributed by atoms with Crippen LogP contribution in [0, 0.1) is 17.8 Å². The molecule has 106 valence electrons. The highest BCUT2D eigenvalue weighted by molar-refractivity contribution is 5.40. The van der Waals surface area contributed by atoms with Crippen LogP contribution in [-0.2, 0) is 6.42 Å². The summed E-state index contributed by atoms with van der Waals surface area (Å²) in [5.74, 6) is 2.55. The van der Waals surface area contributed by atoms with Crippen molar-refractivity contribution in [2.45, 2.75) is 46.6 Å². The van der Waals surface area contributed by atoms with Crippen molar-refractivity contribution in [3.05, 3.63) is 29.3 Å². The van der Waals surface area contributed by atoms with E-state index in [9.17, 15) is 5.11 Å². The van der Waals surface area contributed by atoms with Crippen LogP contribution in [0.3, 0.4) is 0 Å². The average molecular weight is 261 g/mol. The van der Waals surface area contributed by atoms with Gasteiger partial charge in [-0.1, -0.05) is 33.8 Å². The van der Waals surface area contributed by atoms with Gasteiger partial charge in [-0.3, -0.25) is 0 Å². The van der Waals surface area contributed by atoms with Crippen LogP contribution in [0.1, 0.15) is 51.3 Å². The molecular weight excluding hydrogens is 234 g/mol. The van der Waals surface area contributed by atoms with Gasteiger partial charge in [0.1, 0.15) is 5.75 Å². The van der Waals surface area contributed by atoms with E-state index in [2.05, 4.69) is 39.1 Å². The average Bonchev–Trinajstić information content (AvgIpc) is 2.71. The fourth-order valence-corrected chi connectivity index (χ4v) is 3.34. The van der Waals surface area contributed by atoms with Crippen LogP contribution >= 0.6 is 0 Å². The Morgan fingerprint density at radius 1 is 1.21 bits per heavy atom. The molecule has 2 rings (SSSR count). The van der Waals surface area contributed by atoms with Crippen LogP contribution in [-0.4, -0.2) is 11.7 Å². The van der Waals surface area contributed by atoms with E-state index in [0.717, 1.165) is 25.3 Å². The zero-order chi connectivity index (χ0) is 14.0. The Labute approximate surface area is 117 Å². The number of aryl methyl sites for hydroxylation is 1. The van der Waals surface area contributed by atoms with Crippen LogP contribution in [0.5, 0.6) is 5.75 Å². The van der Waals surface area contributed by atoms with E-state index in [1.807, 2.05) is 6.07 Å². The SMILES string of the molecule is CC(C)C(CNC1CCc2cc(O)ccc21)C(C)C. The van der Waals surface area contributed by atoms with Crippen molar-refractivity contribution in [3.8, 4) is 5.75 Å². The minimum absolute atomic E-state index is 0.390. The van der Waals surface area contributed by atoms with Gasteiger partial charge in [-0.05, 0) is 60.4 Å². The van der Waals surface area contributed by atoms with Gasteiger partial charge < -0.3 is 10.4 Å². The maximum absolute atomic E-state index is 9.53. The van der Waals surface area contributed by atoms with E-state index >= 15 is 0 Å². The lowest BCUT2D eigenvalue weighted by Gasteiger charge is -2.27. The maximum atomic E-state index is 9.53. The molecule has 2 heteroatoms. The van der Waals surface area contributed by atoms with E-state index in [4.69, 9.17) is 0 Å². The van der Waals surface area contributed by atoms with Gasteiger partial charge in [0.05, 0.1) is 0 Å². The molecule has 0 spiro atoms. The van der Waals surface area contributed by atoms with Gasteiger partial charge in [-0.25, -0.2) is 0 Å². The zero-order valence-electron chi connectivity index (χ0n) is 12.6. The molecule has 1 atom stereocenters. The van der Waals surface area contributed by atoms with E-state index in [1.165, 1.54) is 11.1 Å². The smallest absolute Gasteiger partial charge is 0.115 e. The van der Waals surface area contributed by atoms with Crippen molar-refractivity contribution in [1.82, 2.24) is 5.32 Å². The van der Waals surface area contributed by atoms with Gasteiger partial charge in [-0.15, -0.1) is 0 Å². The Bertz CT molecular complexity index is 417. The largest absolute Gasteiger partial charge is 0.508 e. The molecule has 19 heavy (non-hydrogen) atoms. The molecule has 0 fully saturated rings. The molecule has 2 N–H and O–H groups in total. The first-order valence-corrected chi connectivity index (χ1v) is 7.54. The Morgan fingerprint density at radius 2 is 1.89 bits per heavy atom. The second-order valence-corrected chi connectivity index (χ2v) is 6.53. The van der Waals surface area contributed by atoms with E-state index in [-0.39, 0.29) is 0 Å². The monoisotopic (exact) mass is 261 g/mol. The second kappa shape index (κ2) is 5.96. The Hall–Kier alpha value is -1.02. The molecule has 0 amide bonds. The molecule has 0 saturated carbocycles. The third kappa shape index (κ3) is 3.30. The number of fused-ring (bicyclic) bond motifs is 1. The third-order valence-electron chi connectivity index (χ3n) is 4.52. The first kappa shape index (κ1) is 14.4. The van der Waals surface area contributed by atoms with Crippen molar-refractivity contribution in [2.24, 2.45) is 17.8 Å². The van der Waals surface area contributed by atoms with Crippen LogP contribution in [0.4, 0.5) is 0 Å². The van der Waals surface area contributed by atoms with Crippen LogP contribution in [0.15, 0.2) is 18.2 Å². The van der Waals surface area contributed by atoms with Crippen molar-refractivity contribution in [1.29, 1.82) is 0 Å². The molecule has 0 saturated heterocycles. The zero-order valence-corrected chi connectivity index (χ0v) is 12.6. The predicted molar refractivity (Wildman–Crippen MR) is 80.3 cm³/mol. The molecule has 1 aromatic rings. The standard InChI is InChI=1S/C17H27NO/c1-11(2)16(12(3)4)10-18-17-8-5-13-9-14(19)6-7-15(13)17/h6-7,9,11-12,16-19H,5,8,10H2,1-4H3. The highest BCUT2D eigenvalue weighted by Gasteiger charge is 2.24. The lowest BCUT2D eigenvalue weighted by molar-refractivity contribution is 0.265. The normalized spacial score (nSPS) is 18.6. The Morgan fingerprint density at radius 3 is 2.53 bits per heavy atom. The lowest BCUT2D eigenvalue weighted by Crippen LogP contribution is -2.31. The van der Waals surface area contributed by atoms with Crippen molar-refractivity contribution in [3.63, 3.8) is 0 Å². The van der Waals surface area contributed by atoms with Gasteiger partial charge in [0.25, 0.3) is 0 Å². The fourth-order valence-electron chi connectivity index (χ4n) is 3.34. The fraction of sp³-hybridized carbons (Fsp3) is 0.647. The molecule has 1 aromatic carbocycles. The predicted octanol–water partition coefficient (Wildman–Crippen LogP) is 3.90. The van der Waals surface area contributed by atoms with E-state index in [0.29, 0.717) is 23.6 Å². The highest BCUT2D eigenvalue weighted by atomic mass is 16.3. The number of benzene rings is 1. The molecular formula is C17H27NO. The van der Waals surface area contributed by atoms with Crippen LogP contribution < -0.4 is 5.32 Å².